The molecule has 3 nitrogen and oxygen atoms in total. The first kappa shape index (κ1) is 17.5. The van der Waals surface area contributed by atoms with Gasteiger partial charge >= 0.3 is 0 Å². The SMILES string of the molecule is CC(C)NCc1cccc(OCCCCC(C)(C)C#N)c1. The van der Waals surface area contributed by atoms with Crippen molar-refractivity contribution >= 4 is 0 Å². The lowest BCUT2D eigenvalue weighted by Gasteiger charge is -2.14. The molecule has 0 bridgehead atoms. The van der Waals surface area contributed by atoms with Crippen LogP contribution < -0.4 is 10.1 Å². The number of benzene rings is 1. The predicted octanol–water partition coefficient (Wildman–Crippen LogP) is 4.28. The van der Waals surface area contributed by atoms with Gasteiger partial charge in [-0.2, -0.15) is 5.26 Å². The number of nitriles is 1. The molecule has 0 aliphatic carbocycles. The number of unbranched alkanes of at least 4 members (excludes halogenated alkanes) is 1. The summed E-state index contributed by atoms with van der Waals surface area (Å²) in [6.07, 6.45) is 2.93. The van der Waals surface area contributed by atoms with E-state index in [9.17, 15) is 0 Å². The van der Waals surface area contributed by atoms with Crippen molar-refractivity contribution in [1.29, 1.82) is 5.26 Å². The van der Waals surface area contributed by atoms with Crippen LogP contribution in [0.4, 0.5) is 0 Å². The molecule has 0 atom stereocenters. The van der Waals surface area contributed by atoms with Gasteiger partial charge in [-0.1, -0.05) is 26.0 Å². The molecule has 1 aromatic carbocycles. The standard InChI is InChI=1S/C18H28N2O/c1-15(2)20-13-16-8-7-9-17(12-16)21-11-6-5-10-18(3,4)14-19/h7-9,12,15,20H,5-6,10-11,13H2,1-4H3. The van der Waals surface area contributed by atoms with Crippen molar-refractivity contribution in [3.63, 3.8) is 0 Å². The van der Waals surface area contributed by atoms with Crippen LogP contribution in [0, 0.1) is 16.7 Å². The minimum Gasteiger partial charge on any atom is -0.494 e. The highest BCUT2D eigenvalue weighted by atomic mass is 16.5. The highest BCUT2D eigenvalue weighted by Crippen LogP contribution is 2.22. The molecule has 0 aliphatic rings. The molecule has 0 saturated carbocycles. The molecule has 0 saturated heterocycles. The summed E-state index contributed by atoms with van der Waals surface area (Å²) in [5.74, 6) is 0.928. The Labute approximate surface area is 129 Å². The summed E-state index contributed by atoms with van der Waals surface area (Å²) in [7, 11) is 0. The van der Waals surface area contributed by atoms with E-state index in [1.807, 2.05) is 26.0 Å². The van der Waals surface area contributed by atoms with E-state index in [0.29, 0.717) is 12.6 Å². The van der Waals surface area contributed by atoms with Gasteiger partial charge in [0.05, 0.1) is 18.1 Å². The minimum absolute atomic E-state index is 0.220. The molecule has 0 fully saturated rings. The maximum atomic E-state index is 8.96. The highest BCUT2D eigenvalue weighted by Gasteiger charge is 2.15. The van der Waals surface area contributed by atoms with Gasteiger partial charge in [-0.3, -0.25) is 0 Å². The molecule has 0 aromatic heterocycles. The Balaban J connectivity index is 2.29. The highest BCUT2D eigenvalue weighted by molar-refractivity contribution is 5.28. The fraction of sp³-hybridized carbons (Fsp3) is 0.611. The Kier molecular flexibility index (Phi) is 7.25. The van der Waals surface area contributed by atoms with Gasteiger partial charge in [-0.15, -0.1) is 0 Å². The number of rotatable bonds is 9. The van der Waals surface area contributed by atoms with Crippen LogP contribution in [0.25, 0.3) is 0 Å². The maximum Gasteiger partial charge on any atom is 0.119 e. The van der Waals surface area contributed by atoms with Crippen LogP contribution in [0.15, 0.2) is 24.3 Å². The molecule has 0 spiro atoms. The number of nitrogens with one attached hydrogen (secondary N) is 1. The molecule has 21 heavy (non-hydrogen) atoms. The average Bonchev–Trinajstić information content (AvgIpc) is 2.45. The third kappa shape index (κ3) is 7.72. The van der Waals surface area contributed by atoms with E-state index in [0.717, 1.165) is 31.6 Å². The van der Waals surface area contributed by atoms with Crippen LogP contribution in [0.2, 0.25) is 0 Å². The van der Waals surface area contributed by atoms with Gasteiger partial charge in [-0.05, 0) is 50.8 Å². The molecule has 0 heterocycles. The fourth-order valence-electron chi connectivity index (χ4n) is 1.98. The summed E-state index contributed by atoms with van der Waals surface area (Å²) in [4.78, 5) is 0. The van der Waals surface area contributed by atoms with Crippen molar-refractivity contribution < 1.29 is 4.74 Å². The molecule has 0 radical (unpaired) electrons. The first-order valence-corrected chi connectivity index (χ1v) is 7.79. The van der Waals surface area contributed by atoms with E-state index in [4.69, 9.17) is 10.00 Å². The molecular formula is C18H28N2O. The summed E-state index contributed by atoms with van der Waals surface area (Å²) >= 11 is 0. The third-order valence-corrected chi connectivity index (χ3v) is 3.38. The van der Waals surface area contributed by atoms with E-state index in [1.165, 1.54) is 5.56 Å². The van der Waals surface area contributed by atoms with E-state index < -0.39 is 0 Å². The van der Waals surface area contributed by atoms with Crippen LogP contribution in [0.1, 0.15) is 52.5 Å². The summed E-state index contributed by atoms with van der Waals surface area (Å²) in [6, 6.07) is 11.0. The maximum absolute atomic E-state index is 8.96. The van der Waals surface area contributed by atoms with E-state index in [1.54, 1.807) is 0 Å². The largest absolute Gasteiger partial charge is 0.494 e. The van der Waals surface area contributed by atoms with Crippen molar-refractivity contribution in [1.82, 2.24) is 5.32 Å². The summed E-state index contributed by atoms with van der Waals surface area (Å²) in [5.41, 5.74) is 1.02. The van der Waals surface area contributed by atoms with Crippen molar-refractivity contribution in [2.24, 2.45) is 5.41 Å². The van der Waals surface area contributed by atoms with Gasteiger partial charge in [0.15, 0.2) is 0 Å². The Hall–Kier alpha value is -1.53. The lowest BCUT2D eigenvalue weighted by molar-refractivity contribution is 0.294. The number of ether oxygens (including phenoxy) is 1. The predicted molar refractivity (Wildman–Crippen MR) is 87.2 cm³/mol. The average molecular weight is 288 g/mol. The van der Waals surface area contributed by atoms with Gasteiger partial charge in [-0.25, -0.2) is 0 Å². The molecule has 116 valence electrons. The molecule has 0 aliphatic heterocycles. The normalized spacial score (nSPS) is 11.4. The molecule has 3 heteroatoms. The summed E-state index contributed by atoms with van der Waals surface area (Å²) in [6.45, 7) is 9.83. The Morgan fingerprint density at radius 1 is 1.29 bits per heavy atom. The first-order chi connectivity index (χ1) is 9.93. The van der Waals surface area contributed by atoms with Crippen LogP contribution >= 0.6 is 0 Å². The van der Waals surface area contributed by atoms with Crippen LogP contribution in [0.3, 0.4) is 0 Å². The molecule has 1 rings (SSSR count). The number of nitrogens with zero attached hydrogens (tertiary/aromatic N) is 1. The third-order valence-electron chi connectivity index (χ3n) is 3.38. The van der Waals surface area contributed by atoms with Crippen molar-refractivity contribution in [3.8, 4) is 11.8 Å². The van der Waals surface area contributed by atoms with Crippen molar-refractivity contribution in [3.05, 3.63) is 29.8 Å². The number of hydrogen-bond donors (Lipinski definition) is 1. The van der Waals surface area contributed by atoms with Crippen LogP contribution in [0.5, 0.6) is 5.75 Å². The smallest absolute Gasteiger partial charge is 0.119 e. The summed E-state index contributed by atoms with van der Waals surface area (Å²) < 4.78 is 5.79. The zero-order chi connectivity index (χ0) is 15.7. The van der Waals surface area contributed by atoms with E-state index in [2.05, 4.69) is 37.4 Å². The van der Waals surface area contributed by atoms with Crippen LogP contribution in [-0.2, 0) is 6.54 Å². The van der Waals surface area contributed by atoms with Gasteiger partial charge in [0, 0.05) is 12.6 Å². The summed E-state index contributed by atoms with van der Waals surface area (Å²) in [5, 5.41) is 12.4. The second-order valence-corrected chi connectivity index (χ2v) is 6.48. The lowest BCUT2D eigenvalue weighted by atomic mass is 9.89. The first-order valence-electron chi connectivity index (χ1n) is 7.79. The molecule has 1 aromatic rings. The lowest BCUT2D eigenvalue weighted by Crippen LogP contribution is -2.21. The Morgan fingerprint density at radius 2 is 2.05 bits per heavy atom. The van der Waals surface area contributed by atoms with Crippen LogP contribution in [-0.4, -0.2) is 12.6 Å². The van der Waals surface area contributed by atoms with Crippen molar-refractivity contribution in [2.75, 3.05) is 6.61 Å². The number of hydrogen-bond acceptors (Lipinski definition) is 3. The van der Waals surface area contributed by atoms with Gasteiger partial charge in [0.2, 0.25) is 0 Å². The van der Waals surface area contributed by atoms with Gasteiger partial charge in [0.1, 0.15) is 5.75 Å². The topological polar surface area (TPSA) is 45.0 Å². The van der Waals surface area contributed by atoms with Gasteiger partial charge < -0.3 is 10.1 Å². The van der Waals surface area contributed by atoms with E-state index in [-0.39, 0.29) is 5.41 Å². The van der Waals surface area contributed by atoms with Gasteiger partial charge in [0.25, 0.3) is 0 Å². The monoisotopic (exact) mass is 288 g/mol. The quantitative estimate of drug-likeness (QED) is 0.690. The fourth-order valence-corrected chi connectivity index (χ4v) is 1.98. The minimum atomic E-state index is -0.220. The Bertz CT molecular complexity index is 461. The molecular weight excluding hydrogens is 260 g/mol. The zero-order valence-electron chi connectivity index (χ0n) is 13.8. The molecule has 1 N–H and O–H groups in total. The second kappa shape index (κ2) is 8.69. The second-order valence-electron chi connectivity index (χ2n) is 6.48. The van der Waals surface area contributed by atoms with Crippen molar-refractivity contribution in [2.45, 2.75) is 59.5 Å². The molecule has 0 unspecified atom stereocenters. The Morgan fingerprint density at radius 3 is 2.71 bits per heavy atom. The zero-order valence-corrected chi connectivity index (χ0v) is 13.8. The van der Waals surface area contributed by atoms with E-state index >= 15 is 0 Å². The molecule has 0 amide bonds.